The predicted molar refractivity (Wildman–Crippen MR) is 165 cm³/mol. The van der Waals surface area contributed by atoms with Gasteiger partial charge >= 0.3 is 0 Å². The maximum atomic E-state index is 12.9. The standard InChI is InChI=1S/C32H49N3O4S/c1-4-5-6-7-8-9-10-11-12-13-14-15-22-31(36)33-24-23-32(37)34-28-19-17-20-29(25-28)40(38,39)35-30-21-16-18-26(2)27(30)3/h16-21,25,35H,4-15,22-24H2,1-3H3,(H,33,36)(H,34,37). The Bertz CT molecular complexity index is 1160. The van der Waals surface area contributed by atoms with Crippen LogP contribution < -0.4 is 15.4 Å². The number of amides is 2. The quantitative estimate of drug-likeness (QED) is 0.142. The molecule has 0 radical (unpaired) electrons. The van der Waals surface area contributed by atoms with Gasteiger partial charge in [0.15, 0.2) is 0 Å². The van der Waals surface area contributed by atoms with Gasteiger partial charge in [-0.25, -0.2) is 8.42 Å². The number of sulfonamides is 1. The highest BCUT2D eigenvalue weighted by Gasteiger charge is 2.17. The molecule has 40 heavy (non-hydrogen) atoms. The van der Waals surface area contributed by atoms with Crippen molar-refractivity contribution in [3.63, 3.8) is 0 Å². The predicted octanol–water partition coefficient (Wildman–Crippen LogP) is 7.64. The van der Waals surface area contributed by atoms with Crippen molar-refractivity contribution in [1.29, 1.82) is 0 Å². The Hall–Kier alpha value is -2.87. The van der Waals surface area contributed by atoms with Crippen LogP contribution in [-0.4, -0.2) is 26.8 Å². The monoisotopic (exact) mass is 571 g/mol. The number of rotatable bonds is 20. The van der Waals surface area contributed by atoms with Crippen molar-refractivity contribution in [2.45, 2.75) is 116 Å². The van der Waals surface area contributed by atoms with E-state index < -0.39 is 10.0 Å². The van der Waals surface area contributed by atoms with Gasteiger partial charge < -0.3 is 10.6 Å². The van der Waals surface area contributed by atoms with Crippen LogP contribution in [0, 0.1) is 13.8 Å². The summed E-state index contributed by atoms with van der Waals surface area (Å²) in [5.41, 5.74) is 2.75. The van der Waals surface area contributed by atoms with E-state index in [1.165, 1.54) is 76.3 Å². The Morgan fingerprint density at radius 3 is 1.98 bits per heavy atom. The van der Waals surface area contributed by atoms with Crippen LogP contribution in [0.25, 0.3) is 0 Å². The third-order valence-electron chi connectivity index (χ3n) is 7.21. The summed E-state index contributed by atoms with van der Waals surface area (Å²) in [5, 5.41) is 5.53. The highest BCUT2D eigenvalue weighted by Crippen LogP contribution is 2.23. The molecule has 0 bridgehead atoms. The van der Waals surface area contributed by atoms with E-state index in [2.05, 4.69) is 22.3 Å². The van der Waals surface area contributed by atoms with E-state index in [0.29, 0.717) is 17.8 Å². The summed E-state index contributed by atoms with van der Waals surface area (Å²) in [6.45, 7) is 6.28. The number of hydrogen-bond donors (Lipinski definition) is 3. The molecule has 0 saturated carbocycles. The van der Waals surface area contributed by atoms with E-state index in [-0.39, 0.29) is 29.7 Å². The van der Waals surface area contributed by atoms with Crippen LogP contribution in [0.2, 0.25) is 0 Å². The molecule has 222 valence electrons. The topological polar surface area (TPSA) is 104 Å². The van der Waals surface area contributed by atoms with E-state index in [1.807, 2.05) is 19.9 Å². The average Bonchev–Trinajstić information content (AvgIpc) is 2.92. The highest BCUT2D eigenvalue weighted by molar-refractivity contribution is 7.92. The van der Waals surface area contributed by atoms with Crippen LogP contribution in [0.4, 0.5) is 11.4 Å². The molecule has 0 unspecified atom stereocenters. The Morgan fingerprint density at radius 2 is 1.32 bits per heavy atom. The molecule has 0 aliphatic carbocycles. The average molecular weight is 572 g/mol. The molecular weight excluding hydrogens is 522 g/mol. The van der Waals surface area contributed by atoms with Crippen LogP contribution in [0.3, 0.4) is 0 Å². The van der Waals surface area contributed by atoms with Gasteiger partial charge in [0.05, 0.1) is 10.6 Å². The number of unbranched alkanes of at least 4 members (excludes halogenated alkanes) is 11. The molecule has 2 aromatic carbocycles. The van der Waals surface area contributed by atoms with Crippen molar-refractivity contribution in [3.05, 3.63) is 53.6 Å². The van der Waals surface area contributed by atoms with Gasteiger partial charge in [-0.15, -0.1) is 0 Å². The Labute approximate surface area is 242 Å². The maximum Gasteiger partial charge on any atom is 0.261 e. The molecule has 2 amide bonds. The van der Waals surface area contributed by atoms with Crippen molar-refractivity contribution >= 4 is 33.2 Å². The van der Waals surface area contributed by atoms with Crippen LogP contribution in [0.1, 0.15) is 108 Å². The number of benzene rings is 2. The van der Waals surface area contributed by atoms with E-state index in [0.717, 1.165) is 24.0 Å². The molecule has 0 fully saturated rings. The summed E-state index contributed by atoms with van der Waals surface area (Å²) in [6, 6.07) is 11.6. The lowest BCUT2D eigenvalue weighted by atomic mass is 10.0. The van der Waals surface area contributed by atoms with Crippen molar-refractivity contribution in [1.82, 2.24) is 5.32 Å². The van der Waals surface area contributed by atoms with E-state index in [1.54, 1.807) is 24.3 Å². The fraction of sp³-hybridized carbons (Fsp3) is 0.562. The van der Waals surface area contributed by atoms with Crippen LogP contribution in [0.5, 0.6) is 0 Å². The van der Waals surface area contributed by atoms with Crippen molar-refractivity contribution in [2.24, 2.45) is 0 Å². The summed E-state index contributed by atoms with van der Waals surface area (Å²) >= 11 is 0. The molecular formula is C32H49N3O4S. The molecule has 0 atom stereocenters. The summed E-state index contributed by atoms with van der Waals surface area (Å²) in [6.07, 6.45) is 15.6. The SMILES string of the molecule is CCCCCCCCCCCCCCC(=O)NCCC(=O)Nc1cccc(S(=O)(=O)Nc2cccc(C)c2C)c1. The third kappa shape index (κ3) is 13.0. The highest BCUT2D eigenvalue weighted by atomic mass is 32.2. The molecule has 0 saturated heterocycles. The lowest BCUT2D eigenvalue weighted by molar-refractivity contribution is -0.121. The minimum atomic E-state index is -3.82. The van der Waals surface area contributed by atoms with Gasteiger partial charge in [0.1, 0.15) is 0 Å². The molecule has 3 N–H and O–H groups in total. The second-order valence-electron chi connectivity index (χ2n) is 10.7. The van der Waals surface area contributed by atoms with Crippen LogP contribution in [-0.2, 0) is 19.6 Å². The molecule has 0 spiro atoms. The first-order valence-electron chi connectivity index (χ1n) is 15.0. The zero-order valence-electron chi connectivity index (χ0n) is 24.7. The number of hydrogen-bond acceptors (Lipinski definition) is 4. The van der Waals surface area contributed by atoms with Gasteiger partial charge in [-0.05, 0) is 55.7 Å². The first-order valence-corrected chi connectivity index (χ1v) is 16.5. The van der Waals surface area contributed by atoms with Gasteiger partial charge in [0.2, 0.25) is 11.8 Å². The van der Waals surface area contributed by atoms with Gasteiger partial charge in [-0.3, -0.25) is 14.3 Å². The first kappa shape index (κ1) is 33.3. The summed E-state index contributed by atoms with van der Waals surface area (Å²) in [5.74, 6) is -0.326. The molecule has 2 rings (SSSR count). The summed E-state index contributed by atoms with van der Waals surface area (Å²) in [4.78, 5) is 24.5. The zero-order valence-corrected chi connectivity index (χ0v) is 25.5. The Kier molecular flexibility index (Phi) is 15.4. The molecule has 0 aliphatic rings. The normalized spacial score (nSPS) is 11.3. The Balaban J connectivity index is 1.61. The van der Waals surface area contributed by atoms with Crippen molar-refractivity contribution in [3.8, 4) is 0 Å². The molecule has 8 heteroatoms. The van der Waals surface area contributed by atoms with Gasteiger partial charge in [-0.2, -0.15) is 0 Å². The van der Waals surface area contributed by atoms with Crippen molar-refractivity contribution < 1.29 is 18.0 Å². The third-order valence-corrected chi connectivity index (χ3v) is 8.57. The number of carbonyl (C=O) groups excluding carboxylic acids is 2. The number of anilines is 2. The molecule has 2 aromatic rings. The number of carbonyl (C=O) groups is 2. The molecule has 0 heterocycles. The van der Waals surface area contributed by atoms with E-state index >= 15 is 0 Å². The van der Waals surface area contributed by atoms with E-state index in [9.17, 15) is 18.0 Å². The first-order chi connectivity index (χ1) is 19.2. The second kappa shape index (κ2) is 18.5. The molecule has 0 aliphatic heterocycles. The van der Waals surface area contributed by atoms with Gasteiger partial charge in [0, 0.05) is 25.1 Å². The fourth-order valence-corrected chi connectivity index (χ4v) is 5.73. The minimum absolute atomic E-state index is 0.0366. The molecule has 0 aromatic heterocycles. The zero-order chi connectivity index (χ0) is 29.2. The van der Waals surface area contributed by atoms with Gasteiger partial charge in [0.25, 0.3) is 10.0 Å². The lowest BCUT2D eigenvalue weighted by Gasteiger charge is -2.13. The number of aryl methyl sites for hydroxylation is 1. The fourth-order valence-electron chi connectivity index (χ4n) is 4.56. The minimum Gasteiger partial charge on any atom is -0.356 e. The summed E-state index contributed by atoms with van der Waals surface area (Å²) < 4.78 is 28.4. The smallest absolute Gasteiger partial charge is 0.261 e. The van der Waals surface area contributed by atoms with Gasteiger partial charge in [-0.1, -0.05) is 95.8 Å². The van der Waals surface area contributed by atoms with E-state index in [4.69, 9.17) is 0 Å². The Morgan fingerprint density at radius 1 is 0.725 bits per heavy atom. The molecule has 7 nitrogen and oxygen atoms in total. The van der Waals surface area contributed by atoms with Crippen molar-refractivity contribution in [2.75, 3.05) is 16.6 Å². The second-order valence-corrected chi connectivity index (χ2v) is 12.4. The van der Waals surface area contributed by atoms with Crippen LogP contribution >= 0.6 is 0 Å². The number of nitrogens with one attached hydrogen (secondary N) is 3. The maximum absolute atomic E-state index is 12.9. The summed E-state index contributed by atoms with van der Waals surface area (Å²) in [7, 11) is -3.82. The lowest BCUT2D eigenvalue weighted by Crippen LogP contribution is -2.27. The van der Waals surface area contributed by atoms with Crippen LogP contribution in [0.15, 0.2) is 47.4 Å². The largest absolute Gasteiger partial charge is 0.356 e.